The smallest absolute Gasteiger partial charge is 0.326 e. The molecule has 30 heavy (non-hydrogen) atoms. The van der Waals surface area contributed by atoms with Crippen LogP contribution in [0.4, 0.5) is 0 Å². The van der Waals surface area contributed by atoms with E-state index in [1.54, 1.807) is 0 Å². The van der Waals surface area contributed by atoms with Crippen LogP contribution in [0.25, 0.3) is 0 Å². The number of amides is 1. The first-order chi connectivity index (χ1) is 14.4. The molecule has 2 N–H and O–H groups in total. The second-order valence-electron chi connectivity index (χ2n) is 8.49. The van der Waals surface area contributed by atoms with E-state index in [-0.39, 0.29) is 18.7 Å². The van der Waals surface area contributed by atoms with Crippen LogP contribution in [0, 0.1) is 0 Å². The molecule has 0 rings (SSSR count). The summed E-state index contributed by atoms with van der Waals surface area (Å²) in [6, 6.07) is -1.06. The van der Waals surface area contributed by atoms with Crippen LogP contribution in [0.2, 0.25) is 0 Å². The van der Waals surface area contributed by atoms with Gasteiger partial charge in [-0.3, -0.25) is 9.59 Å². The van der Waals surface area contributed by atoms with Gasteiger partial charge in [0.25, 0.3) is 0 Å². The van der Waals surface area contributed by atoms with Crippen molar-refractivity contribution < 1.29 is 24.6 Å². The molecule has 0 aliphatic rings. The van der Waals surface area contributed by atoms with Gasteiger partial charge in [0.15, 0.2) is 0 Å². The summed E-state index contributed by atoms with van der Waals surface area (Å²) in [5.41, 5.74) is 0. The minimum atomic E-state index is -1.15. The van der Waals surface area contributed by atoms with Gasteiger partial charge in [0.1, 0.15) is 6.04 Å². The van der Waals surface area contributed by atoms with Crippen molar-refractivity contribution in [2.45, 2.75) is 129 Å². The van der Waals surface area contributed by atoms with Crippen LogP contribution in [-0.2, 0) is 14.4 Å². The van der Waals surface area contributed by atoms with E-state index in [0.717, 1.165) is 19.3 Å². The number of aliphatic carboxylic acids is 2. The zero-order valence-corrected chi connectivity index (χ0v) is 19.4. The molecular formula is C24H45NO5. The molecule has 6 heteroatoms. The van der Waals surface area contributed by atoms with Crippen LogP contribution in [0.5, 0.6) is 0 Å². The van der Waals surface area contributed by atoms with Gasteiger partial charge in [-0.05, 0) is 12.8 Å². The third-order valence-corrected chi connectivity index (χ3v) is 5.77. The van der Waals surface area contributed by atoms with E-state index in [1.165, 1.54) is 89.0 Å². The Morgan fingerprint density at radius 3 is 1.43 bits per heavy atom. The van der Waals surface area contributed by atoms with E-state index in [1.807, 2.05) is 0 Å². The highest BCUT2D eigenvalue weighted by Gasteiger charge is 2.26. The Bertz CT molecular complexity index is 467. The van der Waals surface area contributed by atoms with Gasteiger partial charge in [-0.25, -0.2) is 4.79 Å². The van der Waals surface area contributed by atoms with Crippen LogP contribution >= 0.6 is 0 Å². The van der Waals surface area contributed by atoms with Crippen molar-refractivity contribution in [3.05, 3.63) is 0 Å². The number of carboxylic acid groups (broad SMARTS) is 2. The van der Waals surface area contributed by atoms with Gasteiger partial charge in [-0.2, -0.15) is 0 Å². The predicted molar refractivity (Wildman–Crippen MR) is 121 cm³/mol. The van der Waals surface area contributed by atoms with E-state index in [0.29, 0.717) is 6.42 Å². The van der Waals surface area contributed by atoms with Crippen molar-refractivity contribution in [2.24, 2.45) is 0 Å². The van der Waals surface area contributed by atoms with E-state index in [9.17, 15) is 19.5 Å². The number of nitrogens with zero attached hydrogens (tertiary/aromatic N) is 1. The molecule has 1 amide bonds. The maximum atomic E-state index is 12.2. The molecule has 0 radical (unpaired) electrons. The van der Waals surface area contributed by atoms with Crippen molar-refractivity contribution >= 4 is 17.8 Å². The SMILES string of the molecule is CCCCCCCCCCCCCCCCCC(=O)N(C)C(CCC(=O)O)C(=O)O. The number of hydrogen-bond acceptors (Lipinski definition) is 3. The summed E-state index contributed by atoms with van der Waals surface area (Å²) in [7, 11) is 1.45. The monoisotopic (exact) mass is 427 g/mol. The number of hydrogen-bond donors (Lipinski definition) is 2. The van der Waals surface area contributed by atoms with Crippen LogP contribution in [0.3, 0.4) is 0 Å². The zero-order chi connectivity index (χ0) is 22.6. The Morgan fingerprint density at radius 2 is 1.07 bits per heavy atom. The summed E-state index contributed by atoms with van der Waals surface area (Å²) in [5.74, 6) is -2.42. The third kappa shape index (κ3) is 16.2. The molecule has 0 bridgehead atoms. The maximum absolute atomic E-state index is 12.2. The summed E-state index contributed by atoms with van der Waals surface area (Å²) >= 11 is 0. The van der Waals surface area contributed by atoms with Gasteiger partial charge in [0, 0.05) is 19.9 Å². The van der Waals surface area contributed by atoms with Crippen LogP contribution in [0.15, 0.2) is 0 Å². The molecule has 1 atom stereocenters. The molecule has 0 spiro atoms. The average molecular weight is 428 g/mol. The van der Waals surface area contributed by atoms with Crippen molar-refractivity contribution in [3.8, 4) is 0 Å². The van der Waals surface area contributed by atoms with Gasteiger partial charge < -0.3 is 15.1 Å². The number of rotatable bonds is 21. The first kappa shape index (κ1) is 28.4. The number of carboxylic acids is 2. The largest absolute Gasteiger partial charge is 0.481 e. The second kappa shape index (κ2) is 19.4. The Kier molecular flexibility index (Phi) is 18.4. The van der Waals surface area contributed by atoms with Crippen molar-refractivity contribution in [1.82, 2.24) is 4.90 Å². The maximum Gasteiger partial charge on any atom is 0.326 e. The quantitative estimate of drug-likeness (QED) is 0.218. The highest BCUT2D eigenvalue weighted by Crippen LogP contribution is 2.15. The molecule has 6 nitrogen and oxygen atoms in total. The summed E-state index contributed by atoms with van der Waals surface area (Å²) in [6.45, 7) is 2.25. The Morgan fingerprint density at radius 1 is 0.667 bits per heavy atom. The number of likely N-dealkylation sites (N-methyl/N-ethyl adjacent to an activating group) is 1. The molecule has 1 unspecified atom stereocenters. The van der Waals surface area contributed by atoms with Crippen molar-refractivity contribution in [2.75, 3.05) is 7.05 Å². The highest BCUT2D eigenvalue weighted by atomic mass is 16.4. The first-order valence-corrected chi connectivity index (χ1v) is 12.1. The Labute approximate surface area is 183 Å². The summed E-state index contributed by atoms with van der Waals surface area (Å²) in [6.07, 6.45) is 18.9. The molecule has 0 fully saturated rings. The summed E-state index contributed by atoms with van der Waals surface area (Å²) in [5, 5.41) is 17.9. The lowest BCUT2D eigenvalue weighted by atomic mass is 10.0. The molecular weight excluding hydrogens is 382 g/mol. The topological polar surface area (TPSA) is 94.9 Å². The molecule has 0 saturated carbocycles. The molecule has 0 aromatic heterocycles. The fourth-order valence-electron chi connectivity index (χ4n) is 3.74. The van der Waals surface area contributed by atoms with Crippen LogP contribution < -0.4 is 0 Å². The fourth-order valence-corrected chi connectivity index (χ4v) is 3.74. The third-order valence-electron chi connectivity index (χ3n) is 5.77. The van der Waals surface area contributed by atoms with E-state index in [4.69, 9.17) is 5.11 Å². The van der Waals surface area contributed by atoms with Crippen LogP contribution in [0.1, 0.15) is 122 Å². The van der Waals surface area contributed by atoms with E-state index < -0.39 is 18.0 Å². The Hall–Kier alpha value is -1.59. The fraction of sp³-hybridized carbons (Fsp3) is 0.875. The normalized spacial score (nSPS) is 11.9. The lowest BCUT2D eigenvalue weighted by Gasteiger charge is -2.24. The first-order valence-electron chi connectivity index (χ1n) is 12.1. The second-order valence-corrected chi connectivity index (χ2v) is 8.49. The molecule has 0 aliphatic carbocycles. The standard InChI is InChI=1S/C24H45NO5/c1-3-4-5-6-7-8-9-10-11-12-13-14-15-16-17-18-22(26)25(2)21(24(29)30)19-20-23(27)28/h21H,3-20H2,1-2H3,(H,27,28)(H,29,30). The minimum Gasteiger partial charge on any atom is -0.481 e. The summed E-state index contributed by atoms with van der Waals surface area (Å²) < 4.78 is 0. The highest BCUT2D eigenvalue weighted by molar-refractivity contribution is 5.83. The summed E-state index contributed by atoms with van der Waals surface area (Å²) in [4.78, 5) is 35.3. The van der Waals surface area contributed by atoms with Crippen LogP contribution in [-0.4, -0.2) is 46.0 Å². The number of carbonyl (C=O) groups is 3. The van der Waals surface area contributed by atoms with Gasteiger partial charge in [0.2, 0.25) is 5.91 Å². The molecule has 0 aromatic rings. The Balaban J connectivity index is 3.61. The van der Waals surface area contributed by atoms with Gasteiger partial charge in [0.05, 0.1) is 0 Å². The number of carbonyl (C=O) groups excluding carboxylic acids is 1. The van der Waals surface area contributed by atoms with Gasteiger partial charge >= 0.3 is 11.9 Å². The predicted octanol–water partition coefficient (Wildman–Crippen LogP) is 6.02. The van der Waals surface area contributed by atoms with E-state index >= 15 is 0 Å². The molecule has 0 aliphatic heterocycles. The van der Waals surface area contributed by atoms with E-state index in [2.05, 4.69) is 6.92 Å². The molecule has 0 aromatic carbocycles. The van der Waals surface area contributed by atoms with Gasteiger partial charge in [-0.15, -0.1) is 0 Å². The number of unbranched alkanes of at least 4 members (excludes halogenated alkanes) is 14. The average Bonchev–Trinajstić information content (AvgIpc) is 2.70. The lowest BCUT2D eigenvalue weighted by molar-refractivity contribution is -0.150. The molecule has 0 saturated heterocycles. The molecule has 176 valence electrons. The van der Waals surface area contributed by atoms with Crippen molar-refractivity contribution in [1.29, 1.82) is 0 Å². The zero-order valence-electron chi connectivity index (χ0n) is 19.4. The lowest BCUT2D eigenvalue weighted by Crippen LogP contribution is -2.42. The van der Waals surface area contributed by atoms with Gasteiger partial charge in [-0.1, -0.05) is 96.8 Å². The molecule has 0 heterocycles. The van der Waals surface area contributed by atoms with Crippen molar-refractivity contribution in [3.63, 3.8) is 0 Å². The minimum absolute atomic E-state index is 0.0637.